The normalized spacial score (nSPS) is 10.2. The summed E-state index contributed by atoms with van der Waals surface area (Å²) in [5.41, 5.74) is 0.849. The molecule has 0 bridgehead atoms. The molecule has 0 aliphatic heterocycles. The van der Waals surface area contributed by atoms with Gasteiger partial charge in [0.1, 0.15) is 0 Å². The Morgan fingerprint density at radius 1 is 1.31 bits per heavy atom. The van der Waals surface area contributed by atoms with Gasteiger partial charge < -0.3 is 15.2 Å². The summed E-state index contributed by atoms with van der Waals surface area (Å²) in [6.07, 6.45) is 2.80. The lowest BCUT2D eigenvalue weighted by Crippen LogP contribution is -2.02. The maximum Gasteiger partial charge on any atom is 0.165 e. The molecule has 0 fully saturated rings. The molecule has 0 unspecified atom stereocenters. The number of aliphatic hydroxyl groups excluding tert-OH is 1. The maximum atomic E-state index is 13.1. The highest BCUT2D eigenvalue weighted by Crippen LogP contribution is 2.21. The standard InChI is InChI=1S/C12H18FNO2/c1-16-12-9-10(5-6-11(12)13)14-7-3-2-4-8-15/h5-6,9,14-15H,2-4,7-8H2,1H3. The fourth-order valence-electron chi connectivity index (χ4n) is 1.42. The average Bonchev–Trinajstić information content (AvgIpc) is 2.31. The fourth-order valence-corrected chi connectivity index (χ4v) is 1.42. The number of anilines is 1. The van der Waals surface area contributed by atoms with E-state index < -0.39 is 0 Å². The molecule has 3 nitrogen and oxygen atoms in total. The van der Waals surface area contributed by atoms with Crippen molar-refractivity contribution in [2.45, 2.75) is 19.3 Å². The summed E-state index contributed by atoms with van der Waals surface area (Å²) < 4.78 is 18.0. The minimum Gasteiger partial charge on any atom is -0.494 e. The molecule has 0 aliphatic rings. The zero-order chi connectivity index (χ0) is 11.8. The van der Waals surface area contributed by atoms with Gasteiger partial charge in [0.05, 0.1) is 7.11 Å². The van der Waals surface area contributed by atoms with Gasteiger partial charge in [-0.15, -0.1) is 0 Å². The second-order valence-electron chi connectivity index (χ2n) is 3.56. The van der Waals surface area contributed by atoms with E-state index in [1.54, 1.807) is 12.1 Å². The second-order valence-corrected chi connectivity index (χ2v) is 3.56. The Labute approximate surface area is 95.2 Å². The zero-order valence-electron chi connectivity index (χ0n) is 9.50. The molecular formula is C12H18FNO2. The first kappa shape index (κ1) is 12.8. The molecular weight excluding hydrogens is 209 g/mol. The van der Waals surface area contributed by atoms with Gasteiger partial charge in [-0.3, -0.25) is 0 Å². The fraction of sp³-hybridized carbons (Fsp3) is 0.500. The van der Waals surface area contributed by atoms with Crippen molar-refractivity contribution in [3.63, 3.8) is 0 Å². The first-order chi connectivity index (χ1) is 7.77. The molecule has 0 amide bonds. The van der Waals surface area contributed by atoms with Gasteiger partial charge in [0.2, 0.25) is 0 Å². The Hall–Kier alpha value is -1.29. The first-order valence-electron chi connectivity index (χ1n) is 5.46. The Morgan fingerprint density at radius 3 is 2.81 bits per heavy atom. The van der Waals surface area contributed by atoms with E-state index in [1.165, 1.54) is 13.2 Å². The third-order valence-electron chi connectivity index (χ3n) is 2.32. The molecule has 0 saturated carbocycles. The molecule has 1 rings (SSSR count). The highest BCUT2D eigenvalue weighted by Gasteiger charge is 2.02. The Bertz CT molecular complexity index is 318. The van der Waals surface area contributed by atoms with E-state index in [-0.39, 0.29) is 18.2 Å². The SMILES string of the molecule is COc1cc(NCCCCCO)ccc1F. The molecule has 1 aromatic rings. The lowest BCUT2D eigenvalue weighted by Gasteiger charge is -2.08. The molecule has 0 atom stereocenters. The van der Waals surface area contributed by atoms with Gasteiger partial charge in [-0.05, 0) is 31.4 Å². The predicted octanol–water partition coefficient (Wildman–Crippen LogP) is 2.41. The van der Waals surface area contributed by atoms with Gasteiger partial charge in [-0.2, -0.15) is 0 Å². The van der Waals surface area contributed by atoms with Crippen molar-refractivity contribution >= 4 is 5.69 Å². The van der Waals surface area contributed by atoms with Crippen LogP contribution in [0.2, 0.25) is 0 Å². The number of hydrogen-bond acceptors (Lipinski definition) is 3. The summed E-state index contributed by atoms with van der Waals surface area (Å²) in [4.78, 5) is 0. The highest BCUT2D eigenvalue weighted by molar-refractivity contribution is 5.48. The molecule has 16 heavy (non-hydrogen) atoms. The number of ether oxygens (including phenoxy) is 1. The summed E-state index contributed by atoms with van der Waals surface area (Å²) in [5.74, 6) is -0.103. The molecule has 90 valence electrons. The van der Waals surface area contributed by atoms with Gasteiger partial charge in [0.25, 0.3) is 0 Å². The van der Waals surface area contributed by atoms with Crippen molar-refractivity contribution in [1.82, 2.24) is 0 Å². The summed E-state index contributed by atoms with van der Waals surface area (Å²) in [5, 5.41) is 11.8. The van der Waals surface area contributed by atoms with E-state index in [1.807, 2.05) is 0 Å². The predicted molar refractivity (Wildman–Crippen MR) is 62.4 cm³/mol. The lowest BCUT2D eigenvalue weighted by molar-refractivity contribution is 0.283. The molecule has 0 heterocycles. The van der Waals surface area contributed by atoms with Gasteiger partial charge in [0.15, 0.2) is 11.6 Å². The molecule has 4 heteroatoms. The third kappa shape index (κ3) is 4.06. The minimum atomic E-state index is -0.353. The number of halogens is 1. The first-order valence-corrected chi connectivity index (χ1v) is 5.46. The quantitative estimate of drug-likeness (QED) is 0.703. The monoisotopic (exact) mass is 227 g/mol. The van der Waals surface area contributed by atoms with Crippen molar-refractivity contribution in [2.24, 2.45) is 0 Å². The van der Waals surface area contributed by atoms with E-state index >= 15 is 0 Å². The van der Waals surface area contributed by atoms with E-state index in [0.29, 0.717) is 0 Å². The Balaban J connectivity index is 2.36. The summed E-state index contributed by atoms with van der Waals surface area (Å²) in [7, 11) is 1.45. The zero-order valence-corrected chi connectivity index (χ0v) is 9.50. The molecule has 2 N–H and O–H groups in total. The number of rotatable bonds is 7. The van der Waals surface area contributed by atoms with Crippen LogP contribution >= 0.6 is 0 Å². The smallest absolute Gasteiger partial charge is 0.165 e. The summed E-state index contributed by atoms with van der Waals surface area (Å²) >= 11 is 0. The molecule has 0 saturated heterocycles. The second kappa shape index (κ2) is 7.06. The van der Waals surface area contributed by atoms with E-state index in [2.05, 4.69) is 5.32 Å². The molecule has 0 aliphatic carbocycles. The lowest BCUT2D eigenvalue weighted by atomic mass is 10.2. The van der Waals surface area contributed by atoms with Crippen LogP contribution in [-0.2, 0) is 0 Å². The van der Waals surface area contributed by atoms with Gasteiger partial charge >= 0.3 is 0 Å². The van der Waals surface area contributed by atoms with Crippen LogP contribution in [0.4, 0.5) is 10.1 Å². The van der Waals surface area contributed by atoms with Crippen molar-refractivity contribution in [3.05, 3.63) is 24.0 Å². The highest BCUT2D eigenvalue weighted by atomic mass is 19.1. The van der Waals surface area contributed by atoms with Crippen LogP contribution in [0.15, 0.2) is 18.2 Å². The number of unbranched alkanes of at least 4 members (excludes halogenated alkanes) is 2. The number of methoxy groups -OCH3 is 1. The minimum absolute atomic E-state index is 0.240. The largest absolute Gasteiger partial charge is 0.494 e. The Morgan fingerprint density at radius 2 is 2.12 bits per heavy atom. The van der Waals surface area contributed by atoms with Crippen molar-refractivity contribution in [1.29, 1.82) is 0 Å². The van der Waals surface area contributed by atoms with E-state index in [4.69, 9.17) is 9.84 Å². The van der Waals surface area contributed by atoms with E-state index in [9.17, 15) is 4.39 Å². The van der Waals surface area contributed by atoms with Crippen LogP contribution in [0.1, 0.15) is 19.3 Å². The topological polar surface area (TPSA) is 41.5 Å². The molecule has 1 aromatic carbocycles. The van der Waals surface area contributed by atoms with Crippen LogP contribution < -0.4 is 10.1 Å². The number of benzene rings is 1. The molecule has 0 radical (unpaired) electrons. The van der Waals surface area contributed by atoms with E-state index in [0.717, 1.165) is 31.5 Å². The van der Waals surface area contributed by atoms with Crippen LogP contribution in [-0.4, -0.2) is 25.4 Å². The summed E-state index contributed by atoms with van der Waals surface area (Å²) in [6, 6.07) is 4.71. The van der Waals surface area contributed by atoms with Crippen molar-refractivity contribution < 1.29 is 14.2 Å². The van der Waals surface area contributed by atoms with Crippen LogP contribution in [0, 0.1) is 5.82 Å². The number of hydrogen-bond donors (Lipinski definition) is 2. The maximum absolute atomic E-state index is 13.1. The van der Waals surface area contributed by atoms with Crippen LogP contribution in [0.5, 0.6) is 5.75 Å². The molecule has 0 aromatic heterocycles. The van der Waals surface area contributed by atoms with Crippen LogP contribution in [0.3, 0.4) is 0 Å². The van der Waals surface area contributed by atoms with Gasteiger partial charge in [-0.1, -0.05) is 0 Å². The average molecular weight is 227 g/mol. The van der Waals surface area contributed by atoms with Gasteiger partial charge in [0, 0.05) is 24.9 Å². The van der Waals surface area contributed by atoms with Gasteiger partial charge in [-0.25, -0.2) is 4.39 Å². The van der Waals surface area contributed by atoms with Crippen molar-refractivity contribution in [2.75, 3.05) is 25.6 Å². The summed E-state index contributed by atoms with van der Waals surface area (Å²) in [6.45, 7) is 1.05. The van der Waals surface area contributed by atoms with Crippen LogP contribution in [0.25, 0.3) is 0 Å². The molecule has 0 spiro atoms. The number of nitrogens with one attached hydrogen (secondary N) is 1. The Kier molecular flexibility index (Phi) is 5.64. The number of aliphatic hydroxyl groups is 1. The van der Waals surface area contributed by atoms with Crippen molar-refractivity contribution in [3.8, 4) is 5.75 Å². The third-order valence-corrected chi connectivity index (χ3v) is 2.32.